The largest absolute Gasteiger partial charge is 0.457 e. The second kappa shape index (κ2) is 9.09. The molecule has 0 aliphatic rings. The van der Waals surface area contributed by atoms with Crippen molar-refractivity contribution in [3.8, 4) is 11.5 Å². The molecule has 144 valence electrons. The van der Waals surface area contributed by atoms with Gasteiger partial charge in [-0.2, -0.15) is 13.2 Å². The molecule has 7 heteroatoms. The molecule has 0 spiro atoms. The highest BCUT2D eigenvalue weighted by molar-refractivity contribution is 5.89. The van der Waals surface area contributed by atoms with Crippen LogP contribution in [0.15, 0.2) is 78.9 Å². The molecule has 0 amide bonds. The Balaban J connectivity index is 1.57. The Labute approximate surface area is 170 Å². The van der Waals surface area contributed by atoms with Crippen LogP contribution in [0.3, 0.4) is 0 Å². The molecule has 0 saturated carbocycles. The number of alkyl halides is 3. The lowest BCUT2D eigenvalue weighted by atomic mass is 10.2. The van der Waals surface area contributed by atoms with Gasteiger partial charge < -0.3 is 9.47 Å². The third kappa shape index (κ3) is 6.26. The smallest absolute Gasteiger partial charge is 0.422 e. The van der Waals surface area contributed by atoms with Crippen LogP contribution < -0.4 is 25.9 Å². The number of ether oxygens (including phenoxy) is 2. The Morgan fingerprint density at radius 1 is 0.786 bits per heavy atom. The molecule has 0 unspecified atom stereocenters. The van der Waals surface area contributed by atoms with Crippen LogP contribution in [0.5, 0.6) is 11.5 Å². The minimum atomic E-state index is -4.53. The molecule has 0 heterocycles. The van der Waals surface area contributed by atoms with E-state index in [0.717, 1.165) is 18.6 Å². The summed E-state index contributed by atoms with van der Waals surface area (Å²) >= 11 is -0.492. The maximum Gasteiger partial charge on any atom is 0.422 e. The first kappa shape index (κ1) is 20.2. The van der Waals surface area contributed by atoms with Gasteiger partial charge in [0.15, 0.2) is 13.7 Å². The van der Waals surface area contributed by atoms with Gasteiger partial charge in [-0.05, 0) is 60.7 Å². The van der Waals surface area contributed by atoms with E-state index in [-0.39, 0.29) is 5.56 Å². The van der Waals surface area contributed by atoms with E-state index in [4.69, 9.17) is 4.74 Å². The summed E-state index contributed by atoms with van der Waals surface area (Å²) in [5, 5.41) is 0. The lowest BCUT2D eigenvalue weighted by Gasteiger charge is -2.07. The van der Waals surface area contributed by atoms with Gasteiger partial charge in [0, 0.05) is 0 Å². The van der Waals surface area contributed by atoms with Gasteiger partial charge in [0.2, 0.25) is 0 Å². The maximum atomic E-state index is 12.1. The molecule has 0 saturated heterocycles. The van der Waals surface area contributed by atoms with Crippen molar-refractivity contribution in [2.75, 3.05) is 6.61 Å². The number of para-hydroxylation sites is 1. The van der Waals surface area contributed by atoms with E-state index in [1.54, 1.807) is 12.1 Å². The van der Waals surface area contributed by atoms with Crippen molar-refractivity contribution in [2.45, 2.75) is 6.18 Å². The van der Waals surface area contributed by atoms with Crippen LogP contribution in [0.1, 0.15) is 10.4 Å². The Morgan fingerprint density at radius 3 is 1.89 bits per heavy atom. The molecule has 3 rings (SSSR count). The van der Waals surface area contributed by atoms with E-state index in [9.17, 15) is 18.0 Å². The quantitative estimate of drug-likeness (QED) is 0.386. The third-order valence-corrected chi connectivity index (χ3v) is 6.14. The van der Waals surface area contributed by atoms with E-state index in [1.807, 2.05) is 54.6 Å². The van der Waals surface area contributed by atoms with Crippen molar-refractivity contribution >= 4 is 5.97 Å². The van der Waals surface area contributed by atoms with Gasteiger partial charge in [0.1, 0.15) is 11.5 Å². The second-order valence-corrected chi connectivity index (χ2v) is 8.69. The second-order valence-electron chi connectivity index (χ2n) is 5.66. The monoisotopic (exact) mass is 499 g/mol. The van der Waals surface area contributed by atoms with Crippen molar-refractivity contribution < 1.29 is 48.6 Å². The Bertz CT molecular complexity index is 908. The standard InChI is InChI=1S/C21H15F3IO3/c22-21(23,24)14-27-20(26)15-6-8-16(9-7-15)25-17-10-12-19(13-11-17)28-18-4-2-1-3-5-18/h1-13H,14H2/q+1. The molecule has 0 fully saturated rings. The molecule has 0 radical (unpaired) electrons. The summed E-state index contributed by atoms with van der Waals surface area (Å²) in [6, 6.07) is 23.7. The van der Waals surface area contributed by atoms with E-state index in [2.05, 4.69) is 4.74 Å². The van der Waals surface area contributed by atoms with Gasteiger partial charge in [-0.1, -0.05) is 18.2 Å². The van der Waals surface area contributed by atoms with E-state index in [1.165, 1.54) is 12.1 Å². The highest BCUT2D eigenvalue weighted by atomic mass is 127. The lowest BCUT2D eigenvalue weighted by molar-refractivity contribution is -0.597. The van der Waals surface area contributed by atoms with Crippen molar-refractivity contribution in [1.82, 2.24) is 0 Å². The minimum Gasteiger partial charge on any atom is -0.457 e. The van der Waals surface area contributed by atoms with Gasteiger partial charge in [-0.25, -0.2) is 4.79 Å². The summed E-state index contributed by atoms with van der Waals surface area (Å²) in [5.74, 6) is 0.518. The molecule has 28 heavy (non-hydrogen) atoms. The van der Waals surface area contributed by atoms with E-state index < -0.39 is 40.0 Å². The van der Waals surface area contributed by atoms with Crippen LogP contribution in [0, 0.1) is 7.14 Å². The highest BCUT2D eigenvalue weighted by Gasteiger charge is 2.30. The number of hydrogen-bond acceptors (Lipinski definition) is 3. The van der Waals surface area contributed by atoms with E-state index >= 15 is 0 Å². The van der Waals surface area contributed by atoms with Crippen molar-refractivity contribution in [3.05, 3.63) is 91.6 Å². The molecule has 3 aromatic rings. The minimum absolute atomic E-state index is 0.101. The molecule has 0 aromatic heterocycles. The Hall–Kier alpha value is -2.55. The molecule has 3 aromatic carbocycles. The molecule has 3 nitrogen and oxygen atoms in total. The molecule has 0 bridgehead atoms. The normalized spacial score (nSPS) is 11.1. The topological polar surface area (TPSA) is 35.5 Å². The van der Waals surface area contributed by atoms with Crippen LogP contribution in [0.4, 0.5) is 13.2 Å². The zero-order valence-electron chi connectivity index (χ0n) is 14.4. The average molecular weight is 499 g/mol. The van der Waals surface area contributed by atoms with Crippen molar-refractivity contribution in [3.63, 3.8) is 0 Å². The summed E-state index contributed by atoms with van der Waals surface area (Å²) in [6.45, 7) is -1.59. The number of halogens is 4. The highest BCUT2D eigenvalue weighted by Crippen LogP contribution is 2.19. The summed E-state index contributed by atoms with van der Waals surface area (Å²) in [5.41, 5.74) is 0.101. The molecule has 0 N–H and O–H groups in total. The van der Waals surface area contributed by atoms with Crippen LogP contribution in [-0.2, 0) is 4.74 Å². The van der Waals surface area contributed by atoms with Crippen molar-refractivity contribution in [1.29, 1.82) is 0 Å². The maximum absolute atomic E-state index is 12.1. The number of hydrogen-bond donors (Lipinski definition) is 0. The first-order chi connectivity index (χ1) is 13.4. The fraction of sp³-hybridized carbons (Fsp3) is 0.0952. The van der Waals surface area contributed by atoms with Gasteiger partial charge >= 0.3 is 33.4 Å². The van der Waals surface area contributed by atoms with Crippen LogP contribution >= 0.6 is 0 Å². The summed E-state index contributed by atoms with van der Waals surface area (Å²) in [7, 11) is 0. The summed E-state index contributed by atoms with van der Waals surface area (Å²) in [4.78, 5) is 11.6. The zero-order chi connectivity index (χ0) is 20.0. The fourth-order valence-corrected chi connectivity index (χ4v) is 4.35. The lowest BCUT2D eigenvalue weighted by Crippen LogP contribution is -3.61. The van der Waals surface area contributed by atoms with Crippen LogP contribution in [0.2, 0.25) is 0 Å². The molecule has 0 atom stereocenters. The zero-order valence-corrected chi connectivity index (χ0v) is 16.6. The predicted octanol–water partition coefficient (Wildman–Crippen LogP) is 2.33. The van der Waals surface area contributed by atoms with Gasteiger partial charge in [-0.3, -0.25) is 0 Å². The number of carbonyl (C=O) groups is 1. The molecule has 0 aliphatic heterocycles. The van der Waals surface area contributed by atoms with Crippen LogP contribution in [-0.4, -0.2) is 18.8 Å². The first-order valence-corrected chi connectivity index (χ1v) is 10.4. The SMILES string of the molecule is O=C(OCC(F)(F)F)c1ccc([I+]c2ccc(Oc3ccccc3)cc2)cc1. The predicted molar refractivity (Wildman–Crippen MR) is 93.1 cm³/mol. The van der Waals surface area contributed by atoms with Crippen molar-refractivity contribution in [2.24, 2.45) is 0 Å². The summed E-state index contributed by atoms with van der Waals surface area (Å²) < 4.78 is 48.5. The molecular weight excluding hydrogens is 484 g/mol. The molecule has 0 aliphatic carbocycles. The molecular formula is C21H15F3IO3+. The van der Waals surface area contributed by atoms with Gasteiger partial charge in [0.25, 0.3) is 0 Å². The van der Waals surface area contributed by atoms with Gasteiger partial charge in [-0.15, -0.1) is 0 Å². The average Bonchev–Trinajstić information content (AvgIpc) is 2.68. The first-order valence-electron chi connectivity index (χ1n) is 8.21. The fourth-order valence-electron chi connectivity index (χ4n) is 2.20. The number of benzene rings is 3. The third-order valence-electron chi connectivity index (χ3n) is 3.46. The number of carbonyl (C=O) groups excluding carboxylic acids is 1. The van der Waals surface area contributed by atoms with E-state index in [0.29, 0.717) is 0 Å². The van der Waals surface area contributed by atoms with Crippen LogP contribution in [0.25, 0.3) is 0 Å². The number of rotatable bonds is 6. The number of esters is 1. The summed E-state index contributed by atoms with van der Waals surface area (Å²) in [6.07, 6.45) is -4.53. The Kier molecular flexibility index (Phi) is 6.56. The Morgan fingerprint density at radius 2 is 1.32 bits per heavy atom. The van der Waals surface area contributed by atoms with Gasteiger partial charge in [0.05, 0.1) is 5.56 Å².